The van der Waals surface area contributed by atoms with Crippen LogP contribution in [0, 0.1) is 11.3 Å². The van der Waals surface area contributed by atoms with E-state index in [4.69, 9.17) is 4.74 Å². The van der Waals surface area contributed by atoms with Gasteiger partial charge in [0.1, 0.15) is 0 Å². The molecule has 148 valence electrons. The fourth-order valence-corrected chi connectivity index (χ4v) is 4.07. The Labute approximate surface area is 171 Å². The minimum absolute atomic E-state index is 0. The summed E-state index contributed by atoms with van der Waals surface area (Å²) in [5, 5.41) is 7.15. The average Bonchev–Trinajstić information content (AvgIpc) is 3.06. The van der Waals surface area contributed by atoms with Crippen LogP contribution in [0.25, 0.3) is 0 Å². The predicted molar refractivity (Wildman–Crippen MR) is 117 cm³/mol. The van der Waals surface area contributed by atoms with Gasteiger partial charge in [-0.1, -0.05) is 12.8 Å². The van der Waals surface area contributed by atoms with E-state index in [1.165, 1.54) is 58.0 Å². The molecule has 0 spiro atoms. The molecule has 0 aromatic rings. The molecule has 2 aliphatic rings. The highest BCUT2D eigenvalue weighted by atomic mass is 127. The lowest BCUT2D eigenvalue weighted by atomic mass is 9.83. The third kappa shape index (κ3) is 7.99. The van der Waals surface area contributed by atoms with Crippen LogP contribution in [0.5, 0.6) is 0 Å². The molecule has 0 radical (unpaired) electrons. The fraction of sp³-hybridized carbons (Fsp3) is 0.947. The van der Waals surface area contributed by atoms with Crippen LogP contribution < -0.4 is 10.6 Å². The predicted octanol–water partition coefficient (Wildman–Crippen LogP) is 3.10. The number of ether oxygens (including phenoxy) is 1. The van der Waals surface area contributed by atoms with Gasteiger partial charge in [0.25, 0.3) is 0 Å². The van der Waals surface area contributed by atoms with Crippen LogP contribution in [-0.2, 0) is 4.74 Å². The Morgan fingerprint density at radius 3 is 2.48 bits per heavy atom. The Bertz CT molecular complexity index is 378. The van der Waals surface area contributed by atoms with Crippen LogP contribution in [0.2, 0.25) is 0 Å². The number of hydrogen-bond donors (Lipinski definition) is 2. The second kappa shape index (κ2) is 12.3. The van der Waals surface area contributed by atoms with Gasteiger partial charge >= 0.3 is 0 Å². The molecule has 6 heteroatoms. The third-order valence-electron chi connectivity index (χ3n) is 5.90. The third-order valence-corrected chi connectivity index (χ3v) is 5.90. The lowest BCUT2D eigenvalue weighted by Crippen LogP contribution is -2.45. The van der Waals surface area contributed by atoms with E-state index in [1.54, 1.807) is 0 Å². The van der Waals surface area contributed by atoms with E-state index in [2.05, 4.69) is 34.5 Å². The molecule has 2 fully saturated rings. The fourth-order valence-electron chi connectivity index (χ4n) is 4.07. The molecule has 1 aliphatic carbocycles. The monoisotopic (exact) mass is 466 g/mol. The summed E-state index contributed by atoms with van der Waals surface area (Å²) in [5.41, 5.74) is 0.403. The van der Waals surface area contributed by atoms with Crippen LogP contribution >= 0.6 is 24.0 Å². The Hall–Kier alpha value is -0.0800. The van der Waals surface area contributed by atoms with E-state index in [0.29, 0.717) is 5.41 Å². The summed E-state index contributed by atoms with van der Waals surface area (Å²) in [6.07, 6.45) is 9.10. The number of piperidine rings is 1. The molecule has 5 nitrogen and oxygen atoms in total. The lowest BCUT2D eigenvalue weighted by molar-refractivity contribution is 0.105. The zero-order valence-corrected chi connectivity index (χ0v) is 18.8. The highest BCUT2D eigenvalue weighted by molar-refractivity contribution is 14.0. The number of halogens is 1. The molecule has 0 atom stereocenters. The van der Waals surface area contributed by atoms with Crippen LogP contribution in [0.3, 0.4) is 0 Å². The normalized spacial score (nSPS) is 21.8. The molecular formula is C19H39IN4O. The van der Waals surface area contributed by atoms with Gasteiger partial charge in [0.15, 0.2) is 5.96 Å². The molecule has 2 rings (SSSR count). The second-order valence-electron chi connectivity index (χ2n) is 7.71. The summed E-state index contributed by atoms with van der Waals surface area (Å²) in [6, 6.07) is 0. The van der Waals surface area contributed by atoms with Crippen molar-refractivity contribution in [1.29, 1.82) is 0 Å². The maximum Gasteiger partial charge on any atom is 0.191 e. The van der Waals surface area contributed by atoms with Crippen LogP contribution in [0.4, 0.5) is 0 Å². The SMILES string of the molecule is CCOCCC1(CNC(=NC)NCC2CCN(C)CC2)CCCC1.I. The van der Waals surface area contributed by atoms with Crippen molar-refractivity contribution in [2.75, 3.05) is 53.5 Å². The van der Waals surface area contributed by atoms with E-state index in [0.717, 1.165) is 38.2 Å². The van der Waals surface area contributed by atoms with Crippen molar-refractivity contribution in [3.8, 4) is 0 Å². The maximum absolute atomic E-state index is 5.61. The standard InChI is InChI=1S/C19H38N4O.HI/c1-4-24-14-11-19(9-5-6-10-19)16-22-18(20-2)21-15-17-7-12-23(3)13-8-17;/h17H,4-16H2,1-3H3,(H2,20,21,22);1H. The van der Waals surface area contributed by atoms with E-state index in [1.807, 2.05) is 7.05 Å². The van der Waals surface area contributed by atoms with Gasteiger partial charge in [-0.2, -0.15) is 0 Å². The Morgan fingerprint density at radius 1 is 1.20 bits per heavy atom. The minimum Gasteiger partial charge on any atom is -0.382 e. The highest BCUT2D eigenvalue weighted by Crippen LogP contribution is 2.40. The van der Waals surface area contributed by atoms with Gasteiger partial charge in [0, 0.05) is 33.4 Å². The van der Waals surface area contributed by atoms with Gasteiger partial charge in [-0.3, -0.25) is 4.99 Å². The van der Waals surface area contributed by atoms with Crippen molar-refractivity contribution >= 4 is 29.9 Å². The molecule has 1 aliphatic heterocycles. The van der Waals surface area contributed by atoms with Crippen molar-refractivity contribution in [3.63, 3.8) is 0 Å². The lowest BCUT2D eigenvalue weighted by Gasteiger charge is -2.31. The number of hydrogen-bond acceptors (Lipinski definition) is 3. The van der Waals surface area contributed by atoms with Gasteiger partial charge in [0.05, 0.1) is 0 Å². The first-order valence-electron chi connectivity index (χ1n) is 9.88. The van der Waals surface area contributed by atoms with Crippen molar-refractivity contribution in [2.24, 2.45) is 16.3 Å². The van der Waals surface area contributed by atoms with Gasteiger partial charge in [-0.15, -0.1) is 24.0 Å². The van der Waals surface area contributed by atoms with Gasteiger partial charge < -0.3 is 20.3 Å². The summed E-state index contributed by atoms with van der Waals surface area (Å²) >= 11 is 0. The molecule has 0 aromatic heterocycles. The topological polar surface area (TPSA) is 48.9 Å². The summed E-state index contributed by atoms with van der Waals surface area (Å²) in [4.78, 5) is 6.85. The van der Waals surface area contributed by atoms with E-state index in [-0.39, 0.29) is 24.0 Å². The van der Waals surface area contributed by atoms with Crippen LogP contribution in [0.1, 0.15) is 51.9 Å². The Morgan fingerprint density at radius 2 is 1.88 bits per heavy atom. The number of rotatable bonds is 8. The van der Waals surface area contributed by atoms with Crippen LogP contribution in [0.15, 0.2) is 4.99 Å². The molecule has 0 aromatic carbocycles. The molecule has 0 unspecified atom stereocenters. The molecule has 0 bridgehead atoms. The van der Waals surface area contributed by atoms with Crippen LogP contribution in [-0.4, -0.2) is 64.3 Å². The first-order valence-corrected chi connectivity index (χ1v) is 9.88. The van der Waals surface area contributed by atoms with Crippen molar-refractivity contribution in [3.05, 3.63) is 0 Å². The minimum atomic E-state index is 0. The highest BCUT2D eigenvalue weighted by Gasteiger charge is 2.33. The molecule has 1 saturated heterocycles. The second-order valence-corrected chi connectivity index (χ2v) is 7.71. The maximum atomic E-state index is 5.61. The summed E-state index contributed by atoms with van der Waals surface area (Å²) in [5.74, 6) is 1.75. The zero-order chi connectivity index (χ0) is 17.3. The smallest absolute Gasteiger partial charge is 0.191 e. The number of aliphatic imine (C=N–C) groups is 1. The van der Waals surface area contributed by atoms with Gasteiger partial charge in [-0.05, 0) is 70.5 Å². The Kier molecular flexibility index (Phi) is 11.3. The molecular weight excluding hydrogens is 427 g/mol. The number of likely N-dealkylation sites (tertiary alicyclic amines) is 1. The van der Waals surface area contributed by atoms with Crippen molar-refractivity contribution in [2.45, 2.75) is 51.9 Å². The van der Waals surface area contributed by atoms with Gasteiger partial charge in [-0.25, -0.2) is 0 Å². The summed E-state index contributed by atoms with van der Waals surface area (Å²) < 4.78 is 5.61. The average molecular weight is 466 g/mol. The van der Waals surface area contributed by atoms with Crippen molar-refractivity contribution < 1.29 is 4.74 Å². The quantitative estimate of drug-likeness (QED) is 0.250. The molecule has 1 heterocycles. The number of nitrogens with one attached hydrogen (secondary N) is 2. The van der Waals surface area contributed by atoms with Gasteiger partial charge in [0.2, 0.25) is 0 Å². The molecule has 1 saturated carbocycles. The molecule has 2 N–H and O–H groups in total. The Balaban J connectivity index is 0.00000312. The van der Waals surface area contributed by atoms with E-state index in [9.17, 15) is 0 Å². The first kappa shape index (κ1) is 23.0. The molecule has 25 heavy (non-hydrogen) atoms. The molecule has 0 amide bonds. The largest absolute Gasteiger partial charge is 0.382 e. The summed E-state index contributed by atoms with van der Waals surface area (Å²) in [7, 11) is 4.10. The van der Waals surface area contributed by atoms with E-state index >= 15 is 0 Å². The number of nitrogens with zero attached hydrogens (tertiary/aromatic N) is 2. The zero-order valence-electron chi connectivity index (χ0n) is 16.5. The number of guanidine groups is 1. The summed E-state index contributed by atoms with van der Waals surface area (Å²) in [6.45, 7) is 8.29. The van der Waals surface area contributed by atoms with Crippen molar-refractivity contribution in [1.82, 2.24) is 15.5 Å². The van der Waals surface area contributed by atoms with E-state index < -0.39 is 0 Å². The first-order chi connectivity index (χ1) is 11.7.